The molecule has 2 aliphatic carbocycles. The molecule has 34 heavy (non-hydrogen) atoms. The number of rotatable bonds is 5. The third-order valence-electron chi connectivity index (χ3n) is 7.57. The second kappa shape index (κ2) is 9.49. The van der Waals surface area contributed by atoms with E-state index in [9.17, 15) is 19.5 Å². The van der Waals surface area contributed by atoms with Crippen LogP contribution in [0.4, 0.5) is 4.79 Å². The van der Waals surface area contributed by atoms with Gasteiger partial charge in [0, 0.05) is 18.5 Å². The van der Waals surface area contributed by atoms with Crippen molar-refractivity contribution in [1.29, 1.82) is 0 Å². The fourth-order valence-electron chi connectivity index (χ4n) is 5.69. The lowest BCUT2D eigenvalue weighted by molar-refractivity contribution is -0.160. The van der Waals surface area contributed by atoms with Gasteiger partial charge in [0.1, 0.15) is 12.6 Å². The molecule has 2 amide bonds. The van der Waals surface area contributed by atoms with E-state index in [0.29, 0.717) is 25.8 Å². The minimum atomic E-state index is -0.964. The van der Waals surface area contributed by atoms with Gasteiger partial charge in [0.15, 0.2) is 0 Å². The molecule has 2 fully saturated rings. The Morgan fingerprint density at radius 2 is 1.56 bits per heavy atom. The van der Waals surface area contributed by atoms with Crippen molar-refractivity contribution in [2.24, 2.45) is 5.92 Å². The molecule has 7 nitrogen and oxygen atoms in total. The second-order valence-corrected chi connectivity index (χ2v) is 9.50. The van der Waals surface area contributed by atoms with Gasteiger partial charge in [-0.3, -0.25) is 4.79 Å². The lowest BCUT2D eigenvalue weighted by atomic mass is 9.90. The van der Waals surface area contributed by atoms with Crippen LogP contribution in [0, 0.1) is 5.92 Å². The summed E-state index contributed by atoms with van der Waals surface area (Å²) in [7, 11) is 0. The maximum absolute atomic E-state index is 13.2. The minimum absolute atomic E-state index is 0.0258. The number of fused-ring (bicyclic) bond motifs is 3. The summed E-state index contributed by atoms with van der Waals surface area (Å²) in [5.41, 5.74) is 4.64. The van der Waals surface area contributed by atoms with E-state index in [2.05, 4.69) is 29.6 Å². The van der Waals surface area contributed by atoms with Gasteiger partial charge in [0.25, 0.3) is 0 Å². The van der Waals surface area contributed by atoms with Crippen LogP contribution < -0.4 is 5.32 Å². The normalized spacial score (nSPS) is 23.8. The Balaban J connectivity index is 1.25. The molecule has 7 heteroatoms. The van der Waals surface area contributed by atoms with Gasteiger partial charge in [-0.1, -0.05) is 67.8 Å². The van der Waals surface area contributed by atoms with E-state index in [1.165, 1.54) is 16.0 Å². The summed E-state index contributed by atoms with van der Waals surface area (Å²) in [4.78, 5) is 38.9. The number of carboxylic acids is 1. The molecule has 1 saturated heterocycles. The largest absolute Gasteiger partial charge is 0.480 e. The van der Waals surface area contributed by atoms with Gasteiger partial charge < -0.3 is 20.1 Å². The average molecular weight is 463 g/mol. The van der Waals surface area contributed by atoms with Crippen molar-refractivity contribution in [1.82, 2.24) is 10.2 Å². The Morgan fingerprint density at radius 3 is 2.18 bits per heavy atom. The first-order valence-corrected chi connectivity index (χ1v) is 12.2. The molecular formula is C27H30N2O5. The zero-order chi connectivity index (χ0) is 23.7. The highest BCUT2D eigenvalue weighted by Crippen LogP contribution is 2.44. The van der Waals surface area contributed by atoms with Crippen LogP contribution in [0.15, 0.2) is 48.5 Å². The van der Waals surface area contributed by atoms with Crippen LogP contribution in [0.1, 0.15) is 55.6 Å². The molecular weight excluding hydrogens is 432 g/mol. The Labute approximate surface area is 199 Å². The molecule has 1 heterocycles. The number of carbonyl (C=O) groups is 3. The number of hydrogen-bond acceptors (Lipinski definition) is 4. The molecule has 1 aliphatic heterocycles. The third-order valence-corrected chi connectivity index (χ3v) is 7.57. The summed E-state index contributed by atoms with van der Waals surface area (Å²) in [5.74, 6) is -1.56. The van der Waals surface area contributed by atoms with Crippen LogP contribution in [0.3, 0.4) is 0 Å². The lowest BCUT2D eigenvalue weighted by Crippen LogP contribution is -2.59. The Hall–Kier alpha value is -3.35. The molecule has 3 atom stereocenters. The molecule has 2 aromatic rings. The number of likely N-dealkylation sites (tertiary alicyclic amines) is 1. The number of carbonyl (C=O) groups excluding carboxylic acids is 2. The van der Waals surface area contributed by atoms with Gasteiger partial charge in [-0.15, -0.1) is 0 Å². The summed E-state index contributed by atoms with van der Waals surface area (Å²) in [6, 6.07) is 15.3. The number of alkyl carbamates (subject to hydrolysis) is 1. The quantitative estimate of drug-likeness (QED) is 0.651. The summed E-state index contributed by atoms with van der Waals surface area (Å²) >= 11 is 0. The molecule has 178 valence electrons. The van der Waals surface area contributed by atoms with E-state index in [1.54, 1.807) is 0 Å². The number of amides is 2. The summed E-state index contributed by atoms with van der Waals surface area (Å²) in [6.07, 6.45) is 4.10. The first-order valence-electron chi connectivity index (χ1n) is 12.2. The van der Waals surface area contributed by atoms with Crippen LogP contribution in [-0.2, 0) is 14.3 Å². The van der Waals surface area contributed by atoms with Crippen molar-refractivity contribution < 1.29 is 24.2 Å². The van der Waals surface area contributed by atoms with Crippen molar-refractivity contribution in [3.63, 3.8) is 0 Å². The molecule has 0 spiro atoms. The number of nitrogens with zero attached hydrogens (tertiary/aromatic N) is 1. The zero-order valence-electron chi connectivity index (χ0n) is 19.1. The first kappa shape index (κ1) is 22.4. The summed E-state index contributed by atoms with van der Waals surface area (Å²) in [6.45, 7) is 0.683. The number of benzene rings is 2. The number of aliphatic carboxylic acids is 1. The van der Waals surface area contributed by atoms with Crippen LogP contribution in [-0.4, -0.2) is 53.2 Å². The number of hydrogen-bond donors (Lipinski definition) is 2. The van der Waals surface area contributed by atoms with Crippen molar-refractivity contribution >= 4 is 18.0 Å². The molecule has 0 bridgehead atoms. The maximum Gasteiger partial charge on any atom is 0.407 e. The predicted molar refractivity (Wildman–Crippen MR) is 126 cm³/mol. The zero-order valence-corrected chi connectivity index (χ0v) is 19.1. The highest BCUT2D eigenvalue weighted by Gasteiger charge is 2.43. The van der Waals surface area contributed by atoms with Crippen LogP contribution >= 0.6 is 0 Å². The number of ether oxygens (including phenoxy) is 1. The number of nitrogens with one attached hydrogen (secondary N) is 1. The van der Waals surface area contributed by atoms with Gasteiger partial charge in [-0.2, -0.15) is 0 Å². The van der Waals surface area contributed by atoms with Crippen LogP contribution in [0.2, 0.25) is 0 Å². The van der Waals surface area contributed by atoms with Gasteiger partial charge >= 0.3 is 12.1 Å². The SMILES string of the molecule is O=C(N[C@H]1CCCCC[C@H]1C(=O)N1CCC1C(=O)O)OCC1c2ccccc2-c2ccccc21. The molecule has 2 aromatic carbocycles. The molecule has 0 aromatic heterocycles. The second-order valence-electron chi connectivity index (χ2n) is 9.50. The Bertz CT molecular complexity index is 1050. The highest BCUT2D eigenvalue weighted by atomic mass is 16.5. The standard InChI is InChI=1S/C27H30N2O5/c30-25(29-15-14-24(29)26(31)32)21-12-2-1-3-13-23(21)28-27(33)34-16-22-19-10-6-4-8-17(19)18-9-5-7-11-20(18)22/h4-11,21-24H,1-3,12-16H2,(H,28,33)(H,31,32)/t21-,23+,24?/m1/s1. The molecule has 5 rings (SSSR count). The van der Waals surface area contributed by atoms with E-state index >= 15 is 0 Å². The molecule has 0 radical (unpaired) electrons. The van der Waals surface area contributed by atoms with Gasteiger partial charge in [0.2, 0.25) is 5.91 Å². The average Bonchev–Trinajstić information content (AvgIpc) is 2.93. The van der Waals surface area contributed by atoms with Crippen LogP contribution in [0.25, 0.3) is 11.1 Å². The monoisotopic (exact) mass is 462 g/mol. The topological polar surface area (TPSA) is 95.9 Å². The van der Waals surface area contributed by atoms with Gasteiger partial charge in [-0.05, 0) is 41.5 Å². The van der Waals surface area contributed by atoms with E-state index in [-0.39, 0.29) is 24.5 Å². The third kappa shape index (κ3) is 4.15. The smallest absolute Gasteiger partial charge is 0.407 e. The molecule has 3 aliphatic rings. The van der Waals surface area contributed by atoms with E-state index in [4.69, 9.17) is 4.74 Å². The minimum Gasteiger partial charge on any atom is -0.480 e. The Kier molecular flexibility index (Phi) is 6.26. The lowest BCUT2D eigenvalue weighted by Gasteiger charge is -2.41. The predicted octanol–water partition coefficient (Wildman–Crippen LogP) is 4.16. The fourth-order valence-corrected chi connectivity index (χ4v) is 5.69. The van der Waals surface area contributed by atoms with E-state index < -0.39 is 24.0 Å². The molecule has 2 N–H and O–H groups in total. The van der Waals surface area contributed by atoms with Crippen molar-refractivity contribution in [3.05, 3.63) is 59.7 Å². The van der Waals surface area contributed by atoms with Crippen molar-refractivity contribution in [3.8, 4) is 11.1 Å². The van der Waals surface area contributed by atoms with Crippen molar-refractivity contribution in [2.75, 3.05) is 13.2 Å². The molecule has 1 saturated carbocycles. The fraction of sp³-hybridized carbons (Fsp3) is 0.444. The number of carboxylic acid groups (broad SMARTS) is 1. The van der Waals surface area contributed by atoms with Crippen LogP contribution in [0.5, 0.6) is 0 Å². The summed E-state index contributed by atoms with van der Waals surface area (Å²) < 4.78 is 5.70. The Morgan fingerprint density at radius 1 is 0.912 bits per heavy atom. The first-order chi connectivity index (χ1) is 16.5. The highest BCUT2D eigenvalue weighted by molar-refractivity contribution is 5.87. The van der Waals surface area contributed by atoms with E-state index in [1.807, 2.05) is 24.3 Å². The summed E-state index contributed by atoms with van der Waals surface area (Å²) in [5, 5.41) is 12.3. The van der Waals surface area contributed by atoms with Gasteiger partial charge in [0.05, 0.1) is 5.92 Å². The van der Waals surface area contributed by atoms with E-state index in [0.717, 1.165) is 30.4 Å². The van der Waals surface area contributed by atoms with Crippen molar-refractivity contribution in [2.45, 2.75) is 56.5 Å². The van der Waals surface area contributed by atoms with Gasteiger partial charge in [-0.25, -0.2) is 9.59 Å². The maximum atomic E-state index is 13.2. The molecule has 1 unspecified atom stereocenters.